The molecule has 0 aliphatic rings. The van der Waals surface area contributed by atoms with E-state index in [-0.39, 0.29) is 23.4 Å². The van der Waals surface area contributed by atoms with Crippen molar-refractivity contribution in [2.24, 2.45) is 5.73 Å². The van der Waals surface area contributed by atoms with E-state index in [0.717, 1.165) is 11.8 Å². The monoisotopic (exact) mass is 210 g/mol. The van der Waals surface area contributed by atoms with Crippen LogP contribution in [0.25, 0.3) is 0 Å². The first-order chi connectivity index (χ1) is 5.70. The molecule has 6 heteroatoms. The predicted octanol–water partition coefficient (Wildman–Crippen LogP) is -0.440. The number of amides is 1. The Balaban J connectivity index is 3.21. The molecule has 12 heavy (non-hydrogen) atoms. The standard InChI is InChI=1S/C6H11ClN2O2S/c7-3-6(11)12-2-1-9-5(10)4-8/h1-4,8H2,(H,9,10). The van der Waals surface area contributed by atoms with Crippen molar-refractivity contribution in [1.29, 1.82) is 0 Å². The third-order valence-electron chi connectivity index (χ3n) is 0.982. The molecule has 0 aliphatic carbocycles. The van der Waals surface area contributed by atoms with E-state index in [9.17, 15) is 9.59 Å². The van der Waals surface area contributed by atoms with Gasteiger partial charge in [0.1, 0.15) is 0 Å². The maximum Gasteiger partial charge on any atom is 0.233 e. The van der Waals surface area contributed by atoms with Crippen LogP contribution in [0, 0.1) is 0 Å². The molecule has 0 aromatic heterocycles. The van der Waals surface area contributed by atoms with E-state index < -0.39 is 0 Å². The lowest BCUT2D eigenvalue weighted by atomic mass is 10.6. The Morgan fingerprint density at radius 3 is 2.67 bits per heavy atom. The average Bonchev–Trinajstić information content (AvgIpc) is 2.11. The lowest BCUT2D eigenvalue weighted by Crippen LogP contribution is -2.32. The highest BCUT2D eigenvalue weighted by Gasteiger charge is 2.00. The summed E-state index contributed by atoms with van der Waals surface area (Å²) in [7, 11) is 0. The average molecular weight is 211 g/mol. The molecule has 0 aromatic rings. The molecular weight excluding hydrogens is 200 g/mol. The van der Waals surface area contributed by atoms with Gasteiger partial charge in [0.2, 0.25) is 11.0 Å². The molecule has 70 valence electrons. The molecule has 3 N–H and O–H groups in total. The first-order valence-corrected chi connectivity index (χ1v) is 4.91. The molecule has 0 bridgehead atoms. The van der Waals surface area contributed by atoms with Crippen LogP contribution in [0.1, 0.15) is 0 Å². The number of halogens is 1. The summed E-state index contributed by atoms with van der Waals surface area (Å²) >= 11 is 6.35. The van der Waals surface area contributed by atoms with Gasteiger partial charge in [0, 0.05) is 12.3 Å². The van der Waals surface area contributed by atoms with Gasteiger partial charge >= 0.3 is 0 Å². The van der Waals surface area contributed by atoms with Crippen molar-refractivity contribution in [1.82, 2.24) is 5.32 Å². The van der Waals surface area contributed by atoms with Crippen LogP contribution in [0.5, 0.6) is 0 Å². The fraction of sp³-hybridized carbons (Fsp3) is 0.667. The summed E-state index contributed by atoms with van der Waals surface area (Å²) in [5.74, 6) is 0.334. The second-order valence-electron chi connectivity index (χ2n) is 1.91. The molecule has 0 atom stereocenters. The van der Waals surface area contributed by atoms with Gasteiger partial charge in [-0.1, -0.05) is 11.8 Å². The van der Waals surface area contributed by atoms with Crippen molar-refractivity contribution in [3.63, 3.8) is 0 Å². The molecule has 0 spiro atoms. The molecule has 0 unspecified atom stereocenters. The zero-order chi connectivity index (χ0) is 9.40. The van der Waals surface area contributed by atoms with Crippen LogP contribution in [0.4, 0.5) is 0 Å². The van der Waals surface area contributed by atoms with Gasteiger partial charge in [0.05, 0.1) is 12.4 Å². The van der Waals surface area contributed by atoms with Crippen molar-refractivity contribution in [3.8, 4) is 0 Å². The van der Waals surface area contributed by atoms with Gasteiger partial charge in [-0.25, -0.2) is 0 Å². The van der Waals surface area contributed by atoms with Crippen molar-refractivity contribution < 1.29 is 9.59 Å². The molecule has 4 nitrogen and oxygen atoms in total. The van der Waals surface area contributed by atoms with Crippen LogP contribution in [-0.2, 0) is 9.59 Å². The van der Waals surface area contributed by atoms with Crippen molar-refractivity contribution >= 4 is 34.4 Å². The predicted molar refractivity (Wildman–Crippen MR) is 50.2 cm³/mol. The normalized spacial score (nSPS) is 9.50. The minimum atomic E-state index is -0.214. The van der Waals surface area contributed by atoms with Crippen molar-refractivity contribution in [2.45, 2.75) is 0 Å². The van der Waals surface area contributed by atoms with E-state index in [4.69, 9.17) is 17.3 Å². The van der Waals surface area contributed by atoms with Gasteiger partial charge in [-0.3, -0.25) is 9.59 Å². The lowest BCUT2D eigenvalue weighted by molar-refractivity contribution is -0.119. The van der Waals surface area contributed by atoms with Crippen LogP contribution in [0.15, 0.2) is 0 Å². The molecule has 0 saturated heterocycles. The number of rotatable bonds is 5. The Bertz CT molecular complexity index is 148. The topological polar surface area (TPSA) is 72.2 Å². The first kappa shape index (κ1) is 11.7. The van der Waals surface area contributed by atoms with E-state index >= 15 is 0 Å². The van der Waals surface area contributed by atoms with E-state index in [1.807, 2.05) is 0 Å². The second-order valence-corrected chi connectivity index (χ2v) is 3.33. The summed E-state index contributed by atoms with van der Waals surface area (Å²) in [6.07, 6.45) is 0. The molecule has 0 fully saturated rings. The molecule has 0 radical (unpaired) electrons. The fourth-order valence-electron chi connectivity index (χ4n) is 0.466. The number of hydrogen-bond acceptors (Lipinski definition) is 4. The van der Waals surface area contributed by atoms with Gasteiger partial charge in [0.25, 0.3) is 0 Å². The Kier molecular flexibility index (Phi) is 7.23. The fourth-order valence-corrected chi connectivity index (χ4v) is 1.21. The number of carbonyl (C=O) groups is 2. The molecule has 1 amide bonds. The van der Waals surface area contributed by atoms with E-state index in [1.165, 1.54) is 0 Å². The molecule has 0 heterocycles. The van der Waals surface area contributed by atoms with E-state index in [1.54, 1.807) is 0 Å². The van der Waals surface area contributed by atoms with Crippen molar-refractivity contribution in [2.75, 3.05) is 24.7 Å². The zero-order valence-corrected chi connectivity index (χ0v) is 8.08. The largest absolute Gasteiger partial charge is 0.354 e. The van der Waals surface area contributed by atoms with Crippen LogP contribution >= 0.6 is 23.4 Å². The van der Waals surface area contributed by atoms with Gasteiger partial charge < -0.3 is 11.1 Å². The van der Waals surface area contributed by atoms with Gasteiger partial charge in [-0.05, 0) is 0 Å². The third-order valence-corrected chi connectivity index (χ3v) is 2.26. The number of thioether (sulfide) groups is 1. The Hall–Kier alpha value is -0.260. The SMILES string of the molecule is NCC(=O)NCCSC(=O)CCl. The van der Waals surface area contributed by atoms with E-state index in [2.05, 4.69) is 5.32 Å². The zero-order valence-electron chi connectivity index (χ0n) is 6.51. The van der Waals surface area contributed by atoms with Crippen LogP contribution in [0.2, 0.25) is 0 Å². The smallest absolute Gasteiger partial charge is 0.233 e. The summed E-state index contributed by atoms with van der Waals surface area (Å²) in [6.45, 7) is 0.428. The molecule has 0 rings (SSSR count). The maximum atomic E-state index is 10.6. The summed E-state index contributed by atoms with van der Waals surface area (Å²) < 4.78 is 0. The van der Waals surface area contributed by atoms with Crippen LogP contribution in [-0.4, -0.2) is 35.7 Å². The lowest BCUT2D eigenvalue weighted by Gasteiger charge is -2.00. The minimum Gasteiger partial charge on any atom is -0.354 e. The first-order valence-electron chi connectivity index (χ1n) is 3.39. The Morgan fingerprint density at radius 1 is 1.50 bits per heavy atom. The summed E-state index contributed by atoms with van der Waals surface area (Å²) in [4.78, 5) is 21.2. The van der Waals surface area contributed by atoms with E-state index in [0.29, 0.717) is 12.3 Å². The number of hydrogen-bond donors (Lipinski definition) is 2. The van der Waals surface area contributed by atoms with Gasteiger partial charge in [-0.2, -0.15) is 0 Å². The van der Waals surface area contributed by atoms with Crippen LogP contribution in [0.3, 0.4) is 0 Å². The molecule has 0 saturated carbocycles. The third kappa shape index (κ3) is 6.45. The summed E-state index contributed by atoms with van der Waals surface area (Å²) in [5.41, 5.74) is 5.03. The molecular formula is C6H11ClN2O2S. The highest BCUT2D eigenvalue weighted by molar-refractivity contribution is 8.13. The highest BCUT2D eigenvalue weighted by Crippen LogP contribution is 2.01. The quantitative estimate of drug-likeness (QED) is 0.477. The second kappa shape index (κ2) is 7.39. The Labute approximate surface area is 80.2 Å². The number of nitrogens with one attached hydrogen (secondary N) is 1. The summed E-state index contributed by atoms with van der Waals surface area (Å²) in [5, 5.41) is 2.45. The Morgan fingerprint density at radius 2 is 2.17 bits per heavy atom. The number of carbonyl (C=O) groups excluding carboxylic acids is 2. The minimum absolute atomic E-state index is 0.00943. The van der Waals surface area contributed by atoms with Crippen molar-refractivity contribution in [3.05, 3.63) is 0 Å². The van der Waals surface area contributed by atoms with Crippen LogP contribution < -0.4 is 11.1 Å². The van der Waals surface area contributed by atoms with Gasteiger partial charge in [-0.15, -0.1) is 11.6 Å². The molecule has 0 aliphatic heterocycles. The van der Waals surface area contributed by atoms with Gasteiger partial charge in [0.15, 0.2) is 0 Å². The number of nitrogens with two attached hydrogens (primary N) is 1. The summed E-state index contributed by atoms with van der Waals surface area (Å²) in [6, 6.07) is 0. The highest BCUT2D eigenvalue weighted by atomic mass is 35.5. The molecule has 0 aromatic carbocycles. The maximum absolute atomic E-state index is 10.6. The number of alkyl halides is 1.